The topological polar surface area (TPSA) is 58.2 Å². The predicted octanol–water partition coefficient (Wildman–Crippen LogP) is 0.652. The summed E-state index contributed by atoms with van der Waals surface area (Å²) >= 11 is 1.78. The van der Waals surface area contributed by atoms with Crippen molar-refractivity contribution in [2.45, 2.75) is 0 Å². The molecule has 0 radical (unpaired) electrons. The van der Waals surface area contributed by atoms with E-state index < -0.39 is 0 Å². The molecule has 0 amide bonds. The molecule has 0 aromatic rings. The van der Waals surface area contributed by atoms with Crippen LogP contribution in [0.25, 0.3) is 0 Å². The molecule has 0 rings (SSSR count). The van der Waals surface area contributed by atoms with Gasteiger partial charge in [0.05, 0.1) is 66.1 Å². The number of rotatable bonds is 18. The Kier molecular flexibility index (Phi) is 20.2. The lowest BCUT2D eigenvalue weighted by molar-refractivity contribution is -0.00974. The highest BCUT2D eigenvalue weighted by molar-refractivity contribution is 7.98. The number of thioether (sulfide) groups is 1. The average Bonchev–Trinajstić information content (AvgIpc) is 2.50. The summed E-state index contributed by atoms with van der Waals surface area (Å²) in [4.78, 5) is 0. The molecule has 7 heteroatoms. The van der Waals surface area contributed by atoms with Gasteiger partial charge in [0.15, 0.2) is 0 Å². The lowest BCUT2D eigenvalue weighted by atomic mass is 10.6. The maximum absolute atomic E-state index is 5.38. The lowest BCUT2D eigenvalue weighted by Gasteiger charge is -2.07. The second-order valence-electron chi connectivity index (χ2n) is 4.16. The molecule has 0 saturated carbocycles. The molecule has 0 unspecified atom stereocenters. The van der Waals surface area contributed by atoms with Crippen molar-refractivity contribution in [1.29, 1.82) is 0 Å². The Morgan fingerprint density at radius 3 is 1.38 bits per heavy atom. The van der Waals surface area contributed by atoms with Crippen LogP contribution >= 0.6 is 11.8 Å². The summed E-state index contributed by atoms with van der Waals surface area (Å²) in [6, 6.07) is 0. The van der Waals surface area contributed by atoms with E-state index in [0.29, 0.717) is 59.5 Å². The van der Waals surface area contributed by atoms with Crippen LogP contribution < -0.4 is 5.32 Å². The average molecular weight is 325 g/mol. The summed E-state index contributed by atoms with van der Waals surface area (Å²) in [5.74, 6) is 1.03. The van der Waals surface area contributed by atoms with Gasteiger partial charge in [-0.1, -0.05) is 0 Å². The number of hydrogen-bond acceptors (Lipinski definition) is 7. The second-order valence-corrected chi connectivity index (χ2v) is 5.14. The van der Waals surface area contributed by atoms with E-state index in [1.165, 1.54) is 0 Å². The first-order valence-electron chi connectivity index (χ1n) is 7.44. The molecule has 0 aromatic carbocycles. The molecule has 0 atom stereocenters. The standard InChI is InChI=1S/C14H31NO5S/c1-15-3-4-16-5-6-17-7-8-18-9-10-19-11-12-20-13-14-21-2/h15H,3-14H2,1-2H3. The molecule has 0 aliphatic carbocycles. The van der Waals surface area contributed by atoms with Crippen molar-refractivity contribution in [3.8, 4) is 0 Å². The summed E-state index contributed by atoms with van der Waals surface area (Å²) in [7, 11) is 1.90. The Morgan fingerprint density at radius 1 is 0.619 bits per heavy atom. The minimum absolute atomic E-state index is 0.587. The van der Waals surface area contributed by atoms with Gasteiger partial charge in [0.1, 0.15) is 0 Å². The second kappa shape index (κ2) is 20.1. The largest absolute Gasteiger partial charge is 0.378 e. The van der Waals surface area contributed by atoms with E-state index in [0.717, 1.165) is 18.9 Å². The normalized spacial score (nSPS) is 11.1. The van der Waals surface area contributed by atoms with Gasteiger partial charge in [-0.3, -0.25) is 0 Å². The van der Waals surface area contributed by atoms with Gasteiger partial charge < -0.3 is 29.0 Å². The van der Waals surface area contributed by atoms with Gasteiger partial charge in [-0.15, -0.1) is 0 Å². The summed E-state index contributed by atoms with van der Waals surface area (Å²) in [6.45, 7) is 7.24. The van der Waals surface area contributed by atoms with E-state index in [-0.39, 0.29) is 0 Å². The molecular formula is C14H31NO5S. The van der Waals surface area contributed by atoms with Crippen LogP contribution in [0, 0.1) is 0 Å². The monoisotopic (exact) mass is 325 g/mol. The fraction of sp³-hybridized carbons (Fsp3) is 1.00. The molecule has 0 aromatic heterocycles. The van der Waals surface area contributed by atoms with Crippen LogP contribution in [-0.2, 0) is 23.7 Å². The fourth-order valence-corrected chi connectivity index (χ4v) is 1.58. The SMILES string of the molecule is CNCCOCCOCCOCCOCCOCCSC. The third kappa shape index (κ3) is 20.1. The highest BCUT2D eigenvalue weighted by Crippen LogP contribution is 1.90. The van der Waals surface area contributed by atoms with Gasteiger partial charge >= 0.3 is 0 Å². The zero-order valence-corrected chi connectivity index (χ0v) is 14.3. The molecular weight excluding hydrogens is 294 g/mol. The highest BCUT2D eigenvalue weighted by Gasteiger charge is 1.93. The highest BCUT2D eigenvalue weighted by atomic mass is 32.2. The summed E-state index contributed by atoms with van der Waals surface area (Å²) in [6.07, 6.45) is 2.07. The maximum Gasteiger partial charge on any atom is 0.0701 e. The molecule has 0 aliphatic heterocycles. The van der Waals surface area contributed by atoms with Crippen LogP contribution in [0.5, 0.6) is 0 Å². The summed E-state index contributed by atoms with van der Waals surface area (Å²) in [5, 5.41) is 3.01. The van der Waals surface area contributed by atoms with Gasteiger partial charge in [0.25, 0.3) is 0 Å². The molecule has 6 nitrogen and oxygen atoms in total. The van der Waals surface area contributed by atoms with Gasteiger partial charge in [-0.25, -0.2) is 0 Å². The summed E-state index contributed by atoms with van der Waals surface area (Å²) in [5.41, 5.74) is 0. The molecule has 0 saturated heterocycles. The number of hydrogen-bond donors (Lipinski definition) is 1. The Balaban J connectivity index is 2.90. The number of likely N-dealkylation sites (N-methyl/N-ethyl adjacent to an activating group) is 1. The van der Waals surface area contributed by atoms with E-state index >= 15 is 0 Å². The third-order valence-electron chi connectivity index (χ3n) is 2.42. The van der Waals surface area contributed by atoms with Crippen molar-refractivity contribution in [2.75, 3.05) is 91.7 Å². The molecule has 0 fully saturated rings. The van der Waals surface area contributed by atoms with Crippen molar-refractivity contribution in [1.82, 2.24) is 5.32 Å². The smallest absolute Gasteiger partial charge is 0.0701 e. The Labute approximate surface area is 133 Å². The maximum atomic E-state index is 5.38. The van der Waals surface area contributed by atoms with Crippen LogP contribution in [0.3, 0.4) is 0 Å². The van der Waals surface area contributed by atoms with Gasteiger partial charge in [0, 0.05) is 12.3 Å². The molecule has 0 aliphatic rings. The number of nitrogens with one attached hydrogen (secondary N) is 1. The van der Waals surface area contributed by atoms with E-state index in [1.807, 2.05) is 7.05 Å². The Morgan fingerprint density at radius 2 is 1.00 bits per heavy atom. The minimum Gasteiger partial charge on any atom is -0.378 e. The zero-order chi connectivity index (χ0) is 15.4. The molecule has 0 bridgehead atoms. The lowest BCUT2D eigenvalue weighted by Crippen LogP contribution is -2.17. The third-order valence-corrected chi connectivity index (χ3v) is 2.99. The quantitative estimate of drug-likeness (QED) is 0.371. The first-order valence-corrected chi connectivity index (χ1v) is 8.83. The van der Waals surface area contributed by atoms with Crippen molar-refractivity contribution < 1.29 is 23.7 Å². The van der Waals surface area contributed by atoms with Crippen LogP contribution in [0.1, 0.15) is 0 Å². The van der Waals surface area contributed by atoms with Crippen molar-refractivity contribution in [3.63, 3.8) is 0 Å². The van der Waals surface area contributed by atoms with E-state index in [4.69, 9.17) is 23.7 Å². The molecule has 0 spiro atoms. The van der Waals surface area contributed by atoms with E-state index in [1.54, 1.807) is 11.8 Å². The van der Waals surface area contributed by atoms with Crippen LogP contribution in [-0.4, -0.2) is 91.7 Å². The van der Waals surface area contributed by atoms with Gasteiger partial charge in [0.2, 0.25) is 0 Å². The zero-order valence-electron chi connectivity index (χ0n) is 13.4. The first-order chi connectivity index (χ1) is 10.4. The molecule has 128 valence electrons. The Hall–Kier alpha value is 0.110. The molecule has 21 heavy (non-hydrogen) atoms. The van der Waals surface area contributed by atoms with Crippen molar-refractivity contribution in [3.05, 3.63) is 0 Å². The van der Waals surface area contributed by atoms with Crippen LogP contribution in [0.15, 0.2) is 0 Å². The van der Waals surface area contributed by atoms with Gasteiger partial charge in [-0.05, 0) is 13.3 Å². The van der Waals surface area contributed by atoms with E-state index in [9.17, 15) is 0 Å². The number of ether oxygens (including phenoxy) is 5. The van der Waals surface area contributed by atoms with Crippen LogP contribution in [0.2, 0.25) is 0 Å². The van der Waals surface area contributed by atoms with Crippen LogP contribution in [0.4, 0.5) is 0 Å². The first kappa shape index (κ1) is 21.1. The fourth-order valence-electron chi connectivity index (χ4n) is 1.30. The molecule has 1 N–H and O–H groups in total. The van der Waals surface area contributed by atoms with Gasteiger partial charge in [-0.2, -0.15) is 11.8 Å². The minimum atomic E-state index is 0.587. The predicted molar refractivity (Wildman–Crippen MR) is 86.4 cm³/mol. The molecule has 0 heterocycles. The van der Waals surface area contributed by atoms with Crippen molar-refractivity contribution in [2.24, 2.45) is 0 Å². The van der Waals surface area contributed by atoms with E-state index in [2.05, 4.69) is 11.6 Å². The Bertz CT molecular complexity index is 171. The summed E-state index contributed by atoms with van der Waals surface area (Å²) < 4.78 is 26.8. The van der Waals surface area contributed by atoms with Crippen molar-refractivity contribution >= 4 is 11.8 Å².